The number of carbonyl (C=O) groups is 3. The van der Waals surface area contributed by atoms with Gasteiger partial charge in [0.05, 0.1) is 5.69 Å². The molecular weight excluding hydrogens is 490 g/mol. The Balaban J connectivity index is 1.63. The van der Waals surface area contributed by atoms with Crippen LogP contribution in [0.25, 0.3) is 10.9 Å². The molecule has 3 amide bonds. The molecule has 0 radical (unpaired) electrons. The van der Waals surface area contributed by atoms with Gasteiger partial charge in [0.25, 0.3) is 11.8 Å². The van der Waals surface area contributed by atoms with Crippen LogP contribution < -0.4 is 16.8 Å². The summed E-state index contributed by atoms with van der Waals surface area (Å²) in [6.45, 7) is 0.0815. The zero-order valence-electron chi connectivity index (χ0n) is 20.0. The molecule has 1 atom stereocenters. The summed E-state index contributed by atoms with van der Waals surface area (Å²) in [7, 11) is 0. The molecule has 1 fully saturated rings. The second kappa shape index (κ2) is 10.4. The van der Waals surface area contributed by atoms with E-state index in [2.05, 4.69) is 19.7 Å². The third kappa shape index (κ3) is 4.90. The lowest BCUT2D eigenvalue weighted by Crippen LogP contribution is -2.45. The Morgan fingerprint density at radius 1 is 1.16 bits per heavy atom. The first-order chi connectivity index (χ1) is 17.9. The number of nitrogens with zero attached hydrogens (tertiary/aromatic N) is 3. The van der Waals surface area contributed by atoms with Gasteiger partial charge >= 0.3 is 0 Å². The normalized spacial score (nSPS) is 14.5. The lowest BCUT2D eigenvalue weighted by Gasteiger charge is -2.31. The van der Waals surface area contributed by atoms with Crippen molar-refractivity contribution < 1.29 is 14.4 Å². The molecule has 3 heterocycles. The number of nitrogens with one attached hydrogen (secondary N) is 2. The van der Waals surface area contributed by atoms with E-state index in [1.807, 2.05) is 30.3 Å². The molecule has 0 spiro atoms. The van der Waals surface area contributed by atoms with E-state index in [-0.39, 0.29) is 34.8 Å². The maximum absolute atomic E-state index is 14.1. The van der Waals surface area contributed by atoms with Gasteiger partial charge in [-0.25, -0.2) is 0 Å². The largest absolute Gasteiger partial charge is 0.395 e. The number of hydrogen-bond donors (Lipinski definition) is 4. The molecule has 190 valence electrons. The number of hydrogen-bond acceptors (Lipinski definition) is 7. The fourth-order valence-electron chi connectivity index (χ4n) is 4.85. The number of carbonyl (C=O) groups excluding carboxylic acids is 3. The minimum absolute atomic E-state index is 0.0467. The highest BCUT2D eigenvalue weighted by Crippen LogP contribution is 2.34. The van der Waals surface area contributed by atoms with Gasteiger partial charge in [0.15, 0.2) is 5.69 Å². The van der Waals surface area contributed by atoms with E-state index in [0.29, 0.717) is 5.56 Å². The molecule has 1 aliphatic carbocycles. The second-order valence-electron chi connectivity index (χ2n) is 9.11. The summed E-state index contributed by atoms with van der Waals surface area (Å²) in [5.74, 6) is -1.63. The number of pyridine rings is 1. The van der Waals surface area contributed by atoms with Gasteiger partial charge in [0.1, 0.15) is 10.9 Å². The van der Waals surface area contributed by atoms with Crippen LogP contribution in [0.3, 0.4) is 0 Å². The van der Waals surface area contributed by atoms with Crippen LogP contribution in [0.2, 0.25) is 0 Å². The number of aromatic nitrogens is 3. The molecule has 3 aromatic heterocycles. The molecule has 0 saturated heterocycles. The van der Waals surface area contributed by atoms with Gasteiger partial charge in [-0.05, 0) is 42.1 Å². The third-order valence-electron chi connectivity index (χ3n) is 6.67. The van der Waals surface area contributed by atoms with Gasteiger partial charge in [0.2, 0.25) is 5.91 Å². The van der Waals surface area contributed by atoms with Gasteiger partial charge in [-0.15, -0.1) is 0 Å². The van der Waals surface area contributed by atoms with Crippen LogP contribution in [0.4, 0.5) is 5.69 Å². The Kier molecular flexibility index (Phi) is 6.87. The van der Waals surface area contributed by atoms with Crippen LogP contribution in [0.1, 0.15) is 63.0 Å². The average molecular weight is 518 g/mol. The standard InChI is InChI=1S/C26H27N7O3S/c27-20-21(24(28)34)32-37-23(20)26(36)33(14-15-6-5-11-29-12-15)22(25(35)31-16-7-1-2-8-16)18-13-30-19-10-4-3-9-17(18)19/h3-6,9-13,16,22,30H,1-2,7-8,14,27H2,(H2,28,34)(H,31,35)/t22-/m0/s1. The fourth-order valence-corrected chi connectivity index (χ4v) is 5.61. The smallest absolute Gasteiger partial charge is 0.270 e. The Morgan fingerprint density at radius 2 is 1.95 bits per heavy atom. The first-order valence-corrected chi connectivity index (χ1v) is 12.8. The number of aromatic amines is 1. The van der Waals surface area contributed by atoms with E-state index in [4.69, 9.17) is 11.5 Å². The Labute approximate surface area is 217 Å². The summed E-state index contributed by atoms with van der Waals surface area (Å²) < 4.78 is 4.00. The first-order valence-electron chi connectivity index (χ1n) is 12.0. The molecule has 1 aromatic carbocycles. The minimum Gasteiger partial charge on any atom is -0.395 e. The number of nitrogen functional groups attached to an aromatic ring is 1. The quantitative estimate of drug-likeness (QED) is 0.281. The molecule has 4 aromatic rings. The topological polar surface area (TPSA) is 160 Å². The van der Waals surface area contributed by atoms with E-state index >= 15 is 0 Å². The predicted molar refractivity (Wildman–Crippen MR) is 141 cm³/mol. The highest BCUT2D eigenvalue weighted by Gasteiger charge is 2.37. The van der Waals surface area contributed by atoms with Crippen molar-refractivity contribution in [3.63, 3.8) is 0 Å². The first kappa shape index (κ1) is 24.4. The number of fused-ring (bicyclic) bond motifs is 1. The highest BCUT2D eigenvalue weighted by molar-refractivity contribution is 7.09. The van der Waals surface area contributed by atoms with Crippen molar-refractivity contribution in [1.29, 1.82) is 0 Å². The lowest BCUT2D eigenvalue weighted by molar-refractivity contribution is -0.126. The Morgan fingerprint density at radius 3 is 2.65 bits per heavy atom. The van der Waals surface area contributed by atoms with Crippen molar-refractivity contribution >= 4 is 45.8 Å². The van der Waals surface area contributed by atoms with Gasteiger partial charge in [0, 0.05) is 47.6 Å². The molecule has 11 heteroatoms. The molecule has 0 bridgehead atoms. The Bertz CT molecular complexity index is 1440. The summed E-state index contributed by atoms with van der Waals surface area (Å²) in [4.78, 5) is 48.7. The fraction of sp³-hybridized carbons (Fsp3) is 0.269. The average Bonchev–Trinajstić information content (AvgIpc) is 3.64. The molecule has 0 aliphatic heterocycles. The van der Waals surface area contributed by atoms with Crippen molar-refractivity contribution in [3.05, 3.63) is 76.7 Å². The number of nitrogens with two attached hydrogens (primary N) is 2. The molecule has 1 aliphatic rings. The number of amides is 3. The monoisotopic (exact) mass is 517 g/mol. The van der Waals surface area contributed by atoms with E-state index in [9.17, 15) is 14.4 Å². The zero-order chi connectivity index (χ0) is 25.9. The van der Waals surface area contributed by atoms with Gasteiger partial charge < -0.3 is 26.7 Å². The van der Waals surface area contributed by atoms with E-state index in [1.165, 1.54) is 4.90 Å². The number of H-pyrrole nitrogens is 1. The number of anilines is 1. The number of primary amides is 1. The van der Waals surface area contributed by atoms with Gasteiger partial charge in [-0.2, -0.15) is 4.37 Å². The van der Waals surface area contributed by atoms with Crippen molar-refractivity contribution in [1.82, 2.24) is 24.6 Å². The number of para-hydroxylation sites is 1. The minimum atomic E-state index is -0.983. The summed E-state index contributed by atoms with van der Waals surface area (Å²) in [5.41, 5.74) is 13.5. The zero-order valence-corrected chi connectivity index (χ0v) is 20.8. The van der Waals surface area contributed by atoms with E-state index in [1.54, 1.807) is 24.7 Å². The van der Waals surface area contributed by atoms with Crippen LogP contribution in [-0.2, 0) is 11.3 Å². The van der Waals surface area contributed by atoms with Gasteiger partial charge in [-0.3, -0.25) is 19.4 Å². The highest BCUT2D eigenvalue weighted by atomic mass is 32.1. The van der Waals surface area contributed by atoms with Crippen LogP contribution in [0.5, 0.6) is 0 Å². The van der Waals surface area contributed by atoms with E-state index < -0.39 is 17.9 Å². The summed E-state index contributed by atoms with van der Waals surface area (Å²) >= 11 is 0.792. The third-order valence-corrected chi connectivity index (χ3v) is 7.52. The summed E-state index contributed by atoms with van der Waals surface area (Å²) in [5, 5.41) is 3.99. The molecule has 6 N–H and O–H groups in total. The predicted octanol–water partition coefficient (Wildman–Crippen LogP) is 3.14. The molecule has 5 rings (SSSR count). The molecule has 37 heavy (non-hydrogen) atoms. The van der Waals surface area contributed by atoms with Crippen molar-refractivity contribution in [2.75, 3.05) is 5.73 Å². The van der Waals surface area contributed by atoms with Crippen LogP contribution in [0, 0.1) is 0 Å². The molecule has 1 saturated carbocycles. The molecular formula is C26H27N7O3S. The van der Waals surface area contributed by atoms with E-state index in [0.717, 1.165) is 53.7 Å². The Hall–Kier alpha value is -4.25. The maximum atomic E-state index is 14.1. The lowest BCUT2D eigenvalue weighted by atomic mass is 10.0. The van der Waals surface area contributed by atoms with Crippen molar-refractivity contribution in [2.24, 2.45) is 5.73 Å². The van der Waals surface area contributed by atoms with Crippen molar-refractivity contribution in [3.8, 4) is 0 Å². The molecule has 0 unspecified atom stereocenters. The van der Waals surface area contributed by atoms with Crippen LogP contribution >= 0.6 is 11.5 Å². The maximum Gasteiger partial charge on any atom is 0.270 e. The summed E-state index contributed by atoms with van der Waals surface area (Å²) in [6, 6.07) is 10.3. The number of benzene rings is 1. The SMILES string of the molecule is NC(=O)c1nsc(C(=O)N(Cc2cccnc2)[C@H](C(=O)NC2CCCC2)c2c[nH]c3ccccc23)c1N. The van der Waals surface area contributed by atoms with Crippen LogP contribution in [0.15, 0.2) is 55.0 Å². The number of rotatable bonds is 8. The van der Waals surface area contributed by atoms with Gasteiger partial charge in [-0.1, -0.05) is 37.1 Å². The van der Waals surface area contributed by atoms with Crippen molar-refractivity contribution in [2.45, 2.75) is 44.3 Å². The second-order valence-corrected chi connectivity index (χ2v) is 9.89. The summed E-state index contributed by atoms with van der Waals surface area (Å²) in [6.07, 6.45) is 8.94. The molecule has 10 nitrogen and oxygen atoms in total. The van der Waals surface area contributed by atoms with Crippen LogP contribution in [-0.4, -0.2) is 43.0 Å².